The summed E-state index contributed by atoms with van der Waals surface area (Å²) in [4.78, 5) is 15.7. The number of nitrogens with zero attached hydrogens (tertiary/aromatic N) is 1. The van der Waals surface area contributed by atoms with Crippen molar-refractivity contribution in [1.82, 2.24) is 4.98 Å². The number of hydrogen-bond acceptors (Lipinski definition) is 4. The topological polar surface area (TPSA) is 53.0 Å². The van der Waals surface area contributed by atoms with Crippen molar-refractivity contribution in [3.8, 4) is 0 Å². The zero-order valence-corrected chi connectivity index (χ0v) is 10.5. The van der Waals surface area contributed by atoms with Crippen LogP contribution in [0, 0.1) is 5.92 Å². The maximum Gasteiger partial charge on any atom is 0.0979 e. The lowest BCUT2D eigenvalue weighted by Crippen LogP contribution is -2.35. The van der Waals surface area contributed by atoms with Crippen molar-refractivity contribution in [3.05, 3.63) is 41.4 Å². The number of carbonyl (C=O) groups excluding carboxylic acids is 1. The second kappa shape index (κ2) is 4.53. The van der Waals surface area contributed by atoms with Crippen molar-refractivity contribution in [2.75, 3.05) is 0 Å². The molecule has 1 aromatic carbocycles. The summed E-state index contributed by atoms with van der Waals surface area (Å²) in [5.74, 6) is -1.46. The van der Waals surface area contributed by atoms with E-state index in [2.05, 4.69) is 4.98 Å². The van der Waals surface area contributed by atoms with E-state index in [1.165, 1.54) is 0 Å². The van der Waals surface area contributed by atoms with E-state index in [-0.39, 0.29) is 5.92 Å². The molecule has 2 aromatic rings. The maximum atomic E-state index is 11.2. The predicted octanol–water partition coefficient (Wildman–Crippen LogP) is 2.10. The van der Waals surface area contributed by atoms with E-state index in [1.54, 1.807) is 11.3 Å². The minimum atomic E-state index is -0.969. The number of rotatable bonds is 2. The lowest BCUT2D eigenvalue weighted by atomic mass is 9.83. The molecule has 0 aliphatic heterocycles. The van der Waals surface area contributed by atoms with Gasteiger partial charge in [0.1, 0.15) is 0 Å². The van der Waals surface area contributed by atoms with Crippen LogP contribution in [0.15, 0.2) is 36.4 Å². The largest absolute Gasteiger partial charge is 0.550 e. The third-order valence-corrected chi connectivity index (χ3v) is 4.53. The van der Waals surface area contributed by atoms with E-state index in [0.717, 1.165) is 21.6 Å². The molecule has 1 aromatic heterocycles. The number of thiazole rings is 1. The van der Waals surface area contributed by atoms with Gasteiger partial charge in [0.15, 0.2) is 0 Å². The van der Waals surface area contributed by atoms with E-state index in [9.17, 15) is 9.90 Å². The molecular weight excluding hydrogens is 246 g/mol. The zero-order chi connectivity index (χ0) is 12.5. The summed E-state index contributed by atoms with van der Waals surface area (Å²) < 4.78 is 1.11. The quantitative estimate of drug-likeness (QED) is 0.775. The summed E-state index contributed by atoms with van der Waals surface area (Å²) in [5, 5.41) is 12.1. The molecule has 4 heteroatoms. The first-order chi connectivity index (χ1) is 8.75. The van der Waals surface area contributed by atoms with E-state index in [1.807, 2.05) is 36.4 Å². The van der Waals surface area contributed by atoms with Gasteiger partial charge < -0.3 is 9.90 Å². The summed E-state index contributed by atoms with van der Waals surface area (Å²) in [6, 6.07) is 7.90. The highest BCUT2D eigenvalue weighted by molar-refractivity contribution is 7.18. The van der Waals surface area contributed by atoms with E-state index < -0.39 is 11.9 Å². The van der Waals surface area contributed by atoms with Gasteiger partial charge in [-0.2, -0.15) is 0 Å². The van der Waals surface area contributed by atoms with Gasteiger partial charge in [0.25, 0.3) is 0 Å². The first kappa shape index (κ1) is 11.4. The molecule has 3 rings (SSSR count). The number of fused-ring (bicyclic) bond motifs is 1. The van der Waals surface area contributed by atoms with Gasteiger partial charge in [-0.25, -0.2) is 4.98 Å². The molecule has 0 unspecified atom stereocenters. The molecule has 1 aliphatic carbocycles. The van der Waals surface area contributed by atoms with Gasteiger partial charge in [-0.3, -0.25) is 0 Å². The summed E-state index contributed by atoms with van der Waals surface area (Å²) in [5.41, 5.74) is 0.948. The van der Waals surface area contributed by atoms with Crippen molar-refractivity contribution in [3.63, 3.8) is 0 Å². The molecule has 0 amide bonds. The SMILES string of the molecule is O=C([O-])[C@@H]1CC=CC[C@H]1c1nc2ccccc2s1. The Labute approximate surface area is 109 Å². The molecule has 0 fully saturated rings. The smallest absolute Gasteiger partial charge is 0.0979 e. The molecule has 0 radical (unpaired) electrons. The first-order valence-corrected chi connectivity index (χ1v) is 6.78. The van der Waals surface area contributed by atoms with E-state index >= 15 is 0 Å². The lowest BCUT2D eigenvalue weighted by Gasteiger charge is -2.27. The zero-order valence-electron chi connectivity index (χ0n) is 9.70. The molecule has 1 heterocycles. The van der Waals surface area contributed by atoms with Crippen LogP contribution in [0.5, 0.6) is 0 Å². The Bertz CT molecular complexity index is 584. The average molecular weight is 258 g/mol. The second-order valence-corrected chi connectivity index (χ2v) is 5.56. The normalized spacial score (nSPS) is 23.3. The fourth-order valence-electron chi connectivity index (χ4n) is 2.40. The number of carboxylic acids is 1. The molecule has 0 N–H and O–H groups in total. The fourth-order valence-corrected chi connectivity index (χ4v) is 3.54. The number of benzene rings is 1. The lowest BCUT2D eigenvalue weighted by molar-refractivity contribution is -0.312. The molecule has 0 bridgehead atoms. The van der Waals surface area contributed by atoms with Crippen LogP contribution in [0.3, 0.4) is 0 Å². The Balaban J connectivity index is 2.02. The number of carboxylic acid groups (broad SMARTS) is 1. The summed E-state index contributed by atoms with van der Waals surface area (Å²) >= 11 is 1.59. The Morgan fingerprint density at radius 2 is 2.06 bits per heavy atom. The van der Waals surface area contributed by atoms with Crippen LogP contribution in [-0.2, 0) is 4.79 Å². The van der Waals surface area contributed by atoms with Crippen LogP contribution >= 0.6 is 11.3 Å². The predicted molar refractivity (Wildman–Crippen MR) is 69.2 cm³/mol. The van der Waals surface area contributed by atoms with E-state index in [0.29, 0.717) is 6.42 Å². The van der Waals surface area contributed by atoms with E-state index in [4.69, 9.17) is 0 Å². The highest BCUT2D eigenvalue weighted by atomic mass is 32.1. The Morgan fingerprint density at radius 3 is 2.83 bits per heavy atom. The van der Waals surface area contributed by atoms with Gasteiger partial charge in [-0.1, -0.05) is 24.3 Å². The van der Waals surface area contributed by atoms with Gasteiger partial charge >= 0.3 is 0 Å². The Morgan fingerprint density at radius 1 is 1.28 bits per heavy atom. The monoisotopic (exact) mass is 258 g/mol. The van der Waals surface area contributed by atoms with Crippen LogP contribution in [0.4, 0.5) is 0 Å². The van der Waals surface area contributed by atoms with Gasteiger partial charge in [0.2, 0.25) is 0 Å². The van der Waals surface area contributed by atoms with Crippen LogP contribution in [-0.4, -0.2) is 11.0 Å². The van der Waals surface area contributed by atoms with Gasteiger partial charge in [-0.15, -0.1) is 11.3 Å². The van der Waals surface area contributed by atoms with Gasteiger partial charge in [-0.05, 0) is 25.0 Å². The number of para-hydroxylation sites is 1. The Kier molecular flexibility index (Phi) is 2.88. The molecule has 92 valence electrons. The molecule has 0 saturated heterocycles. The van der Waals surface area contributed by atoms with Crippen LogP contribution in [0.25, 0.3) is 10.2 Å². The minimum absolute atomic E-state index is 0.0441. The minimum Gasteiger partial charge on any atom is -0.550 e. The second-order valence-electron chi connectivity index (χ2n) is 4.49. The summed E-state index contributed by atoms with van der Waals surface area (Å²) in [7, 11) is 0. The number of carbonyl (C=O) groups is 1. The number of aromatic nitrogens is 1. The Hall–Kier alpha value is -1.68. The average Bonchev–Trinajstić information content (AvgIpc) is 2.82. The molecule has 0 saturated carbocycles. The van der Waals surface area contributed by atoms with Crippen molar-refractivity contribution < 1.29 is 9.90 Å². The molecule has 18 heavy (non-hydrogen) atoms. The summed E-state index contributed by atoms with van der Waals surface area (Å²) in [6.07, 6.45) is 5.24. The number of hydrogen-bond donors (Lipinski definition) is 0. The third kappa shape index (κ3) is 1.93. The van der Waals surface area contributed by atoms with Crippen molar-refractivity contribution in [2.45, 2.75) is 18.8 Å². The number of allylic oxidation sites excluding steroid dienone is 2. The number of aliphatic carboxylic acids is 1. The van der Waals surface area contributed by atoms with Crippen LogP contribution in [0.2, 0.25) is 0 Å². The molecule has 1 aliphatic rings. The first-order valence-electron chi connectivity index (χ1n) is 5.97. The van der Waals surface area contributed by atoms with Gasteiger partial charge in [0.05, 0.1) is 15.2 Å². The highest BCUT2D eigenvalue weighted by Gasteiger charge is 2.27. The van der Waals surface area contributed by atoms with Crippen molar-refractivity contribution >= 4 is 27.5 Å². The fraction of sp³-hybridized carbons (Fsp3) is 0.286. The summed E-state index contributed by atoms with van der Waals surface area (Å²) in [6.45, 7) is 0. The van der Waals surface area contributed by atoms with Gasteiger partial charge in [0, 0.05) is 17.8 Å². The van der Waals surface area contributed by atoms with Crippen molar-refractivity contribution in [2.24, 2.45) is 5.92 Å². The van der Waals surface area contributed by atoms with Crippen LogP contribution < -0.4 is 5.11 Å². The van der Waals surface area contributed by atoms with Crippen LogP contribution in [0.1, 0.15) is 23.8 Å². The maximum absolute atomic E-state index is 11.2. The van der Waals surface area contributed by atoms with Crippen molar-refractivity contribution in [1.29, 1.82) is 0 Å². The molecule has 2 atom stereocenters. The highest BCUT2D eigenvalue weighted by Crippen LogP contribution is 2.38. The molecule has 0 spiro atoms. The molecule has 3 nitrogen and oxygen atoms in total. The third-order valence-electron chi connectivity index (χ3n) is 3.36. The molecular formula is C14H12NO2S-. The standard InChI is InChI=1S/C14H13NO2S/c16-14(17)10-6-2-1-5-9(10)13-15-11-7-3-4-8-12(11)18-13/h1-4,7-10H,5-6H2,(H,16,17)/p-1/t9-,10-/m1/s1.